The van der Waals surface area contributed by atoms with Crippen LogP contribution in [-0.2, 0) is 0 Å². The van der Waals surface area contributed by atoms with Gasteiger partial charge in [-0.05, 0) is 26.2 Å². The third-order valence-corrected chi connectivity index (χ3v) is 4.29. The molecule has 1 saturated heterocycles. The predicted octanol–water partition coefficient (Wildman–Crippen LogP) is 1.43. The smallest absolute Gasteiger partial charge is 0.185 e. The number of rotatable bonds is 3. The van der Waals surface area contributed by atoms with Gasteiger partial charge in [-0.15, -0.1) is 0 Å². The lowest BCUT2D eigenvalue weighted by atomic mass is 10.1. The highest BCUT2D eigenvalue weighted by Gasteiger charge is 2.19. The summed E-state index contributed by atoms with van der Waals surface area (Å²) in [5, 5.41) is 10.8. The number of nitrogens with zero attached hydrogens (tertiary/aromatic N) is 2. The molecule has 5 heteroatoms. The van der Waals surface area contributed by atoms with Crippen LogP contribution in [-0.4, -0.2) is 29.7 Å². The van der Waals surface area contributed by atoms with E-state index in [2.05, 4.69) is 9.88 Å². The van der Waals surface area contributed by atoms with Gasteiger partial charge in [0, 0.05) is 19.6 Å². The first-order valence-electron chi connectivity index (χ1n) is 5.82. The molecule has 16 heavy (non-hydrogen) atoms. The van der Waals surface area contributed by atoms with Gasteiger partial charge < -0.3 is 15.7 Å². The van der Waals surface area contributed by atoms with Crippen molar-refractivity contribution < 1.29 is 5.11 Å². The Balaban J connectivity index is 2.16. The van der Waals surface area contributed by atoms with Crippen molar-refractivity contribution in [2.75, 3.05) is 24.5 Å². The fourth-order valence-corrected chi connectivity index (χ4v) is 3.15. The van der Waals surface area contributed by atoms with Crippen molar-refractivity contribution in [3.63, 3.8) is 0 Å². The number of nitrogens with two attached hydrogens (primary N) is 1. The summed E-state index contributed by atoms with van der Waals surface area (Å²) >= 11 is 1.58. The van der Waals surface area contributed by atoms with Crippen LogP contribution in [0.15, 0.2) is 0 Å². The Labute approximate surface area is 100 Å². The van der Waals surface area contributed by atoms with Crippen molar-refractivity contribution in [3.8, 4) is 0 Å². The number of piperidine rings is 1. The third kappa shape index (κ3) is 2.36. The first-order chi connectivity index (χ1) is 7.72. The minimum absolute atomic E-state index is 0.266. The first-order valence-corrected chi connectivity index (χ1v) is 6.64. The average Bonchev–Trinajstić information content (AvgIpc) is 2.71. The highest BCUT2D eigenvalue weighted by atomic mass is 32.1. The summed E-state index contributed by atoms with van der Waals surface area (Å²) in [6, 6.07) is 0. The Hall–Kier alpha value is -0.650. The largest absolute Gasteiger partial charge is 0.386 e. The van der Waals surface area contributed by atoms with Gasteiger partial charge in [0.2, 0.25) is 0 Å². The molecule has 0 radical (unpaired) electrons. The maximum Gasteiger partial charge on any atom is 0.185 e. The van der Waals surface area contributed by atoms with E-state index >= 15 is 0 Å². The predicted molar refractivity (Wildman–Crippen MR) is 66.9 cm³/mol. The van der Waals surface area contributed by atoms with Crippen molar-refractivity contribution in [1.82, 2.24) is 4.98 Å². The van der Waals surface area contributed by atoms with Gasteiger partial charge in [0.1, 0.15) is 6.10 Å². The number of hydrogen-bond acceptors (Lipinski definition) is 5. The van der Waals surface area contributed by atoms with E-state index in [0.29, 0.717) is 0 Å². The molecule has 1 aromatic heterocycles. The van der Waals surface area contributed by atoms with Gasteiger partial charge in [-0.2, -0.15) is 0 Å². The number of anilines is 1. The monoisotopic (exact) mass is 241 g/mol. The summed E-state index contributed by atoms with van der Waals surface area (Å²) in [4.78, 5) is 7.77. The van der Waals surface area contributed by atoms with E-state index < -0.39 is 6.10 Å². The number of aliphatic hydroxyl groups is 1. The normalized spacial score (nSPS) is 18.8. The number of aryl methyl sites for hydroxylation is 1. The summed E-state index contributed by atoms with van der Waals surface area (Å²) in [6.45, 7) is 4.39. The molecule has 1 unspecified atom stereocenters. The molecule has 0 saturated carbocycles. The Morgan fingerprint density at radius 3 is 2.75 bits per heavy atom. The van der Waals surface area contributed by atoms with Gasteiger partial charge in [-0.3, -0.25) is 0 Å². The van der Waals surface area contributed by atoms with Gasteiger partial charge in [0.25, 0.3) is 0 Å². The molecule has 1 atom stereocenters. The summed E-state index contributed by atoms with van der Waals surface area (Å²) in [5.41, 5.74) is 6.40. The Kier molecular flexibility index (Phi) is 3.78. The zero-order chi connectivity index (χ0) is 11.5. The quantitative estimate of drug-likeness (QED) is 0.840. The molecule has 0 amide bonds. The molecule has 2 rings (SSSR count). The zero-order valence-corrected chi connectivity index (χ0v) is 10.5. The molecule has 90 valence electrons. The van der Waals surface area contributed by atoms with E-state index in [-0.39, 0.29) is 6.54 Å². The lowest BCUT2D eigenvalue weighted by Crippen LogP contribution is -2.29. The minimum Gasteiger partial charge on any atom is -0.386 e. The summed E-state index contributed by atoms with van der Waals surface area (Å²) in [6.07, 6.45) is 3.25. The summed E-state index contributed by atoms with van der Waals surface area (Å²) < 4.78 is 0. The summed E-state index contributed by atoms with van der Waals surface area (Å²) in [5.74, 6) is 0. The molecule has 0 spiro atoms. The highest BCUT2D eigenvalue weighted by molar-refractivity contribution is 7.15. The van der Waals surface area contributed by atoms with Crippen LogP contribution in [0.2, 0.25) is 0 Å². The Morgan fingerprint density at radius 1 is 1.44 bits per heavy atom. The van der Waals surface area contributed by atoms with Gasteiger partial charge in [-0.1, -0.05) is 11.3 Å². The van der Waals surface area contributed by atoms with Crippen molar-refractivity contribution in [2.45, 2.75) is 32.3 Å². The molecule has 2 heterocycles. The van der Waals surface area contributed by atoms with E-state index in [1.165, 1.54) is 19.3 Å². The number of aliphatic hydroxyl groups excluding tert-OH is 1. The maximum absolute atomic E-state index is 9.75. The fourth-order valence-electron chi connectivity index (χ4n) is 2.03. The van der Waals surface area contributed by atoms with Gasteiger partial charge in [0.15, 0.2) is 5.13 Å². The van der Waals surface area contributed by atoms with Crippen LogP contribution in [0.4, 0.5) is 5.13 Å². The molecule has 0 aliphatic carbocycles. The Morgan fingerprint density at radius 2 is 2.12 bits per heavy atom. The molecular formula is C11H19N3OS. The second kappa shape index (κ2) is 5.12. The van der Waals surface area contributed by atoms with Crippen LogP contribution in [0.1, 0.15) is 35.9 Å². The molecule has 4 nitrogen and oxygen atoms in total. The molecule has 0 aromatic carbocycles. The second-order valence-electron chi connectivity index (χ2n) is 4.25. The van der Waals surface area contributed by atoms with Crippen LogP contribution < -0.4 is 10.6 Å². The van der Waals surface area contributed by atoms with E-state index in [9.17, 15) is 5.11 Å². The number of aromatic nitrogens is 1. The van der Waals surface area contributed by atoms with Crippen molar-refractivity contribution in [3.05, 3.63) is 10.6 Å². The van der Waals surface area contributed by atoms with Crippen LogP contribution in [0, 0.1) is 6.92 Å². The van der Waals surface area contributed by atoms with Crippen molar-refractivity contribution in [2.24, 2.45) is 5.73 Å². The molecule has 0 bridgehead atoms. The van der Waals surface area contributed by atoms with Gasteiger partial charge in [0.05, 0.1) is 10.6 Å². The molecule has 1 aliphatic rings. The zero-order valence-electron chi connectivity index (χ0n) is 9.65. The standard InChI is InChI=1S/C11H19N3OS/c1-8-10(9(15)7-12)16-11(13-8)14-5-3-2-4-6-14/h9,15H,2-7,12H2,1H3. The number of thiazole rings is 1. The van der Waals surface area contributed by atoms with E-state index in [1.807, 2.05) is 6.92 Å². The second-order valence-corrected chi connectivity index (χ2v) is 5.25. The maximum atomic E-state index is 9.75. The van der Waals surface area contributed by atoms with Crippen LogP contribution in [0.5, 0.6) is 0 Å². The minimum atomic E-state index is -0.559. The lowest BCUT2D eigenvalue weighted by Gasteiger charge is -2.25. The van der Waals surface area contributed by atoms with E-state index in [0.717, 1.165) is 28.8 Å². The average molecular weight is 241 g/mol. The van der Waals surface area contributed by atoms with Crippen molar-refractivity contribution >= 4 is 16.5 Å². The van der Waals surface area contributed by atoms with E-state index in [4.69, 9.17) is 5.73 Å². The Bertz CT molecular complexity index is 347. The molecule has 3 N–H and O–H groups in total. The molecule has 1 fully saturated rings. The third-order valence-electron chi connectivity index (χ3n) is 2.97. The van der Waals surface area contributed by atoms with E-state index in [1.54, 1.807) is 11.3 Å². The first kappa shape index (κ1) is 11.8. The molecule has 1 aliphatic heterocycles. The van der Waals surface area contributed by atoms with Crippen molar-refractivity contribution in [1.29, 1.82) is 0 Å². The van der Waals surface area contributed by atoms with Crippen LogP contribution in [0.3, 0.4) is 0 Å². The highest BCUT2D eigenvalue weighted by Crippen LogP contribution is 2.31. The SMILES string of the molecule is Cc1nc(N2CCCCC2)sc1C(O)CN. The summed E-state index contributed by atoms with van der Waals surface area (Å²) in [7, 11) is 0. The van der Waals surface area contributed by atoms with Gasteiger partial charge in [-0.25, -0.2) is 4.98 Å². The van der Waals surface area contributed by atoms with Crippen LogP contribution in [0.25, 0.3) is 0 Å². The molecular weight excluding hydrogens is 222 g/mol. The van der Waals surface area contributed by atoms with Gasteiger partial charge >= 0.3 is 0 Å². The number of hydrogen-bond donors (Lipinski definition) is 2. The fraction of sp³-hybridized carbons (Fsp3) is 0.727. The topological polar surface area (TPSA) is 62.4 Å². The molecule has 1 aromatic rings. The lowest BCUT2D eigenvalue weighted by molar-refractivity contribution is 0.189. The van der Waals surface area contributed by atoms with Crippen LogP contribution >= 0.6 is 11.3 Å².